The minimum absolute atomic E-state index is 0.547. The summed E-state index contributed by atoms with van der Waals surface area (Å²) in [5, 5.41) is 0. The average molecular weight is 206 g/mol. The predicted molar refractivity (Wildman–Crippen MR) is 61.4 cm³/mol. The van der Waals surface area contributed by atoms with Gasteiger partial charge in [-0.15, -0.1) is 0 Å². The predicted octanol–water partition coefficient (Wildman–Crippen LogP) is 2.04. The fourth-order valence-corrected chi connectivity index (χ4v) is 1.95. The molecule has 3 nitrogen and oxygen atoms in total. The van der Waals surface area contributed by atoms with Gasteiger partial charge in [-0.1, -0.05) is 13.8 Å². The van der Waals surface area contributed by atoms with Gasteiger partial charge in [0, 0.05) is 19.3 Å². The molecule has 3 heteroatoms. The van der Waals surface area contributed by atoms with Crippen molar-refractivity contribution < 1.29 is 4.74 Å². The van der Waals surface area contributed by atoms with Crippen molar-refractivity contribution in [3.8, 4) is 0 Å². The summed E-state index contributed by atoms with van der Waals surface area (Å²) in [6.07, 6.45) is 3.85. The molecule has 0 spiro atoms. The fraction of sp³-hybridized carbons (Fsp3) is 0.583. The molecule has 1 aromatic heterocycles. The van der Waals surface area contributed by atoms with Crippen molar-refractivity contribution in [3.05, 3.63) is 24.0 Å². The summed E-state index contributed by atoms with van der Waals surface area (Å²) in [4.78, 5) is 6.59. The first kappa shape index (κ1) is 10.4. The second-order valence-corrected chi connectivity index (χ2v) is 4.19. The lowest BCUT2D eigenvalue weighted by molar-refractivity contribution is 0.122. The van der Waals surface area contributed by atoms with Crippen LogP contribution >= 0.6 is 0 Å². The summed E-state index contributed by atoms with van der Waals surface area (Å²) in [6.45, 7) is 8.05. The zero-order chi connectivity index (χ0) is 10.7. The third kappa shape index (κ3) is 2.29. The number of pyridine rings is 1. The zero-order valence-corrected chi connectivity index (χ0v) is 9.44. The van der Waals surface area contributed by atoms with Gasteiger partial charge in [-0.25, -0.2) is 0 Å². The molecule has 1 fully saturated rings. The van der Waals surface area contributed by atoms with Crippen molar-refractivity contribution in [1.82, 2.24) is 4.98 Å². The maximum absolute atomic E-state index is 5.36. The molecule has 0 amide bonds. The molecule has 0 saturated carbocycles. The molecule has 0 bridgehead atoms. The van der Waals surface area contributed by atoms with E-state index in [-0.39, 0.29) is 0 Å². The number of ether oxygens (including phenoxy) is 1. The maximum Gasteiger partial charge on any atom is 0.0642 e. The Morgan fingerprint density at radius 1 is 1.33 bits per heavy atom. The molecule has 0 aromatic carbocycles. The van der Waals surface area contributed by atoms with Crippen LogP contribution in [0.1, 0.15) is 25.3 Å². The number of hydrogen-bond donors (Lipinski definition) is 0. The Bertz CT molecular complexity index is 319. The summed E-state index contributed by atoms with van der Waals surface area (Å²) >= 11 is 0. The van der Waals surface area contributed by atoms with Gasteiger partial charge in [0.25, 0.3) is 0 Å². The van der Waals surface area contributed by atoms with Gasteiger partial charge in [0.05, 0.1) is 25.1 Å². The van der Waals surface area contributed by atoms with E-state index in [0.29, 0.717) is 5.92 Å². The van der Waals surface area contributed by atoms with E-state index >= 15 is 0 Å². The largest absolute Gasteiger partial charge is 0.378 e. The Balaban J connectivity index is 2.25. The van der Waals surface area contributed by atoms with Crippen LogP contribution < -0.4 is 4.90 Å². The third-order valence-electron chi connectivity index (χ3n) is 2.81. The molecule has 15 heavy (non-hydrogen) atoms. The number of aromatic nitrogens is 1. The van der Waals surface area contributed by atoms with E-state index in [1.807, 2.05) is 12.4 Å². The van der Waals surface area contributed by atoms with Crippen LogP contribution in [-0.4, -0.2) is 31.3 Å². The quantitative estimate of drug-likeness (QED) is 0.740. The SMILES string of the molecule is CC(C)c1ccncc1N1CCOCC1. The zero-order valence-electron chi connectivity index (χ0n) is 9.44. The molecule has 1 aliphatic rings. The summed E-state index contributed by atoms with van der Waals surface area (Å²) in [5.74, 6) is 0.547. The van der Waals surface area contributed by atoms with Gasteiger partial charge in [-0.05, 0) is 17.5 Å². The number of anilines is 1. The third-order valence-corrected chi connectivity index (χ3v) is 2.81. The van der Waals surface area contributed by atoms with Crippen LogP contribution in [0.25, 0.3) is 0 Å². The van der Waals surface area contributed by atoms with E-state index < -0.39 is 0 Å². The molecule has 0 atom stereocenters. The Hall–Kier alpha value is -1.09. The topological polar surface area (TPSA) is 25.4 Å². The van der Waals surface area contributed by atoms with Crippen molar-refractivity contribution in [1.29, 1.82) is 0 Å². The maximum atomic E-state index is 5.36. The Labute approximate surface area is 91.1 Å². The minimum atomic E-state index is 0.547. The Kier molecular flexibility index (Phi) is 3.21. The van der Waals surface area contributed by atoms with Gasteiger partial charge in [-0.3, -0.25) is 4.98 Å². The van der Waals surface area contributed by atoms with E-state index in [1.54, 1.807) is 0 Å². The summed E-state index contributed by atoms with van der Waals surface area (Å²) in [7, 11) is 0. The van der Waals surface area contributed by atoms with Gasteiger partial charge < -0.3 is 9.64 Å². The molecule has 1 aromatic rings. The summed E-state index contributed by atoms with van der Waals surface area (Å²) in [5.41, 5.74) is 2.66. The first-order valence-corrected chi connectivity index (χ1v) is 5.55. The number of rotatable bonds is 2. The molecule has 2 rings (SSSR count). The number of nitrogens with zero attached hydrogens (tertiary/aromatic N) is 2. The number of morpholine rings is 1. The second kappa shape index (κ2) is 4.62. The monoisotopic (exact) mass is 206 g/mol. The standard InChI is InChI=1S/C12H18N2O/c1-10(2)11-3-4-13-9-12(11)14-5-7-15-8-6-14/h3-4,9-10H,5-8H2,1-2H3. The normalized spacial score (nSPS) is 17.1. The first-order chi connectivity index (χ1) is 7.29. The molecule has 0 radical (unpaired) electrons. The molecular weight excluding hydrogens is 188 g/mol. The highest BCUT2D eigenvalue weighted by Gasteiger charge is 2.15. The van der Waals surface area contributed by atoms with E-state index in [9.17, 15) is 0 Å². The number of hydrogen-bond acceptors (Lipinski definition) is 3. The molecule has 0 aliphatic carbocycles. The highest BCUT2D eigenvalue weighted by atomic mass is 16.5. The molecular formula is C12H18N2O. The van der Waals surface area contributed by atoms with Crippen LogP contribution in [0.4, 0.5) is 5.69 Å². The van der Waals surface area contributed by atoms with E-state index in [2.05, 4.69) is 29.8 Å². The van der Waals surface area contributed by atoms with Crippen LogP contribution in [-0.2, 0) is 4.74 Å². The highest BCUT2D eigenvalue weighted by molar-refractivity contribution is 5.53. The lowest BCUT2D eigenvalue weighted by atomic mass is 10.0. The van der Waals surface area contributed by atoms with Crippen LogP contribution in [0, 0.1) is 0 Å². The molecule has 0 N–H and O–H groups in total. The van der Waals surface area contributed by atoms with Gasteiger partial charge in [0.1, 0.15) is 0 Å². The molecule has 1 aliphatic heterocycles. The van der Waals surface area contributed by atoms with E-state index in [1.165, 1.54) is 11.3 Å². The van der Waals surface area contributed by atoms with E-state index in [4.69, 9.17) is 4.74 Å². The van der Waals surface area contributed by atoms with Gasteiger partial charge in [-0.2, -0.15) is 0 Å². The first-order valence-electron chi connectivity index (χ1n) is 5.55. The van der Waals surface area contributed by atoms with Crippen molar-refractivity contribution in [2.45, 2.75) is 19.8 Å². The van der Waals surface area contributed by atoms with Crippen LogP contribution in [0.15, 0.2) is 18.5 Å². The Morgan fingerprint density at radius 2 is 2.07 bits per heavy atom. The van der Waals surface area contributed by atoms with Crippen molar-refractivity contribution >= 4 is 5.69 Å². The lowest BCUT2D eigenvalue weighted by Crippen LogP contribution is -2.36. The molecule has 82 valence electrons. The van der Waals surface area contributed by atoms with Gasteiger partial charge in [0.2, 0.25) is 0 Å². The van der Waals surface area contributed by atoms with Crippen molar-refractivity contribution in [3.63, 3.8) is 0 Å². The van der Waals surface area contributed by atoms with Crippen LogP contribution in [0.3, 0.4) is 0 Å². The summed E-state index contributed by atoms with van der Waals surface area (Å²) < 4.78 is 5.36. The Morgan fingerprint density at radius 3 is 2.73 bits per heavy atom. The van der Waals surface area contributed by atoms with Crippen molar-refractivity contribution in [2.24, 2.45) is 0 Å². The van der Waals surface area contributed by atoms with Crippen LogP contribution in [0.5, 0.6) is 0 Å². The van der Waals surface area contributed by atoms with Crippen LogP contribution in [0.2, 0.25) is 0 Å². The highest BCUT2D eigenvalue weighted by Crippen LogP contribution is 2.26. The van der Waals surface area contributed by atoms with Gasteiger partial charge in [0.15, 0.2) is 0 Å². The molecule has 2 heterocycles. The molecule has 1 saturated heterocycles. The van der Waals surface area contributed by atoms with Gasteiger partial charge >= 0.3 is 0 Å². The van der Waals surface area contributed by atoms with E-state index in [0.717, 1.165) is 26.3 Å². The summed E-state index contributed by atoms with van der Waals surface area (Å²) in [6, 6.07) is 2.12. The average Bonchev–Trinajstić information content (AvgIpc) is 2.30. The smallest absolute Gasteiger partial charge is 0.0642 e. The molecule has 0 unspecified atom stereocenters. The fourth-order valence-electron chi connectivity index (χ4n) is 1.95. The minimum Gasteiger partial charge on any atom is -0.378 e. The lowest BCUT2D eigenvalue weighted by Gasteiger charge is -2.31. The van der Waals surface area contributed by atoms with Crippen molar-refractivity contribution in [2.75, 3.05) is 31.2 Å². The second-order valence-electron chi connectivity index (χ2n) is 4.19.